The highest BCUT2D eigenvalue weighted by atomic mass is 79.9. The molecule has 1 fully saturated rings. The van der Waals surface area contributed by atoms with E-state index < -0.39 is 0 Å². The van der Waals surface area contributed by atoms with Crippen molar-refractivity contribution < 1.29 is 0 Å². The molecule has 0 saturated carbocycles. The predicted molar refractivity (Wildman–Crippen MR) is 86.7 cm³/mol. The minimum absolute atomic E-state index is 0.219. The molecule has 19 heavy (non-hydrogen) atoms. The lowest BCUT2D eigenvalue weighted by Gasteiger charge is -2.48. The van der Waals surface area contributed by atoms with E-state index >= 15 is 0 Å². The Kier molecular flexibility index (Phi) is 4.57. The van der Waals surface area contributed by atoms with E-state index in [-0.39, 0.29) is 5.54 Å². The first-order valence-electron chi connectivity index (χ1n) is 7.18. The number of piperidine rings is 1. The number of nitrogens with zero attached hydrogens (tertiary/aromatic N) is 1. The van der Waals surface area contributed by atoms with Gasteiger partial charge in [-0.15, -0.1) is 0 Å². The van der Waals surface area contributed by atoms with Crippen LogP contribution in [0.25, 0.3) is 0 Å². The molecule has 1 aromatic carbocycles. The summed E-state index contributed by atoms with van der Waals surface area (Å²) in [7, 11) is 0. The van der Waals surface area contributed by atoms with E-state index in [4.69, 9.17) is 5.73 Å². The number of hydrogen-bond acceptors (Lipinski definition) is 2. The maximum atomic E-state index is 5.72. The maximum Gasteiger partial charge on any atom is 0.0401 e. The Morgan fingerprint density at radius 2 is 2.16 bits per heavy atom. The van der Waals surface area contributed by atoms with Crippen LogP contribution in [0.3, 0.4) is 0 Å². The van der Waals surface area contributed by atoms with E-state index in [9.17, 15) is 0 Å². The molecule has 1 aliphatic rings. The molecular formula is C16H25BrN2. The topological polar surface area (TPSA) is 29.3 Å². The molecule has 106 valence electrons. The third kappa shape index (κ3) is 3.32. The molecule has 0 aliphatic carbocycles. The molecule has 0 aromatic heterocycles. The van der Waals surface area contributed by atoms with Gasteiger partial charge in [0.05, 0.1) is 0 Å². The lowest BCUT2D eigenvalue weighted by molar-refractivity contribution is 0.264. The Morgan fingerprint density at radius 1 is 1.42 bits per heavy atom. The predicted octanol–water partition coefficient (Wildman–Crippen LogP) is 4.10. The van der Waals surface area contributed by atoms with Gasteiger partial charge in [0.15, 0.2) is 0 Å². The highest BCUT2D eigenvalue weighted by molar-refractivity contribution is 9.10. The van der Waals surface area contributed by atoms with Gasteiger partial charge >= 0.3 is 0 Å². The summed E-state index contributed by atoms with van der Waals surface area (Å²) in [5.41, 5.74) is 8.66. The molecule has 2 rings (SSSR count). The van der Waals surface area contributed by atoms with Crippen LogP contribution in [-0.4, -0.2) is 18.6 Å². The Hall–Kier alpha value is -0.540. The first kappa shape index (κ1) is 14.9. The van der Waals surface area contributed by atoms with Gasteiger partial charge in [0.1, 0.15) is 0 Å². The third-order valence-corrected chi connectivity index (χ3v) is 4.80. The monoisotopic (exact) mass is 324 g/mol. The van der Waals surface area contributed by atoms with Crippen molar-refractivity contribution in [2.24, 2.45) is 11.7 Å². The Balaban J connectivity index is 2.21. The van der Waals surface area contributed by atoms with Crippen LogP contribution in [-0.2, 0) is 0 Å². The number of halogens is 1. The standard InChI is InChI=1S/C16H25BrN2/c1-12-10-14(17)4-5-15(12)19-9-7-13(6-8-18)11-16(19,2)3/h4-5,10,13H,6-9,11,18H2,1-3H3. The molecule has 1 aliphatic heterocycles. The molecule has 1 saturated heterocycles. The van der Waals surface area contributed by atoms with Crippen molar-refractivity contribution >= 4 is 21.6 Å². The van der Waals surface area contributed by atoms with Gasteiger partial charge in [-0.05, 0) is 76.3 Å². The van der Waals surface area contributed by atoms with Crippen LogP contribution in [0.1, 0.15) is 38.7 Å². The largest absolute Gasteiger partial charge is 0.366 e. The SMILES string of the molecule is Cc1cc(Br)ccc1N1CCC(CCN)CC1(C)C. The Morgan fingerprint density at radius 3 is 2.74 bits per heavy atom. The van der Waals surface area contributed by atoms with E-state index in [0.29, 0.717) is 0 Å². The van der Waals surface area contributed by atoms with E-state index in [0.717, 1.165) is 29.9 Å². The van der Waals surface area contributed by atoms with Crippen LogP contribution in [0.2, 0.25) is 0 Å². The van der Waals surface area contributed by atoms with Crippen molar-refractivity contribution in [3.63, 3.8) is 0 Å². The summed E-state index contributed by atoms with van der Waals surface area (Å²) < 4.78 is 1.16. The van der Waals surface area contributed by atoms with Crippen molar-refractivity contribution in [1.82, 2.24) is 0 Å². The molecule has 0 spiro atoms. The van der Waals surface area contributed by atoms with Crippen molar-refractivity contribution in [2.75, 3.05) is 18.0 Å². The van der Waals surface area contributed by atoms with Crippen molar-refractivity contribution in [3.05, 3.63) is 28.2 Å². The molecule has 1 unspecified atom stereocenters. The fourth-order valence-electron chi connectivity index (χ4n) is 3.38. The van der Waals surface area contributed by atoms with Crippen LogP contribution in [0.4, 0.5) is 5.69 Å². The van der Waals surface area contributed by atoms with Gasteiger partial charge in [-0.25, -0.2) is 0 Å². The van der Waals surface area contributed by atoms with Crippen molar-refractivity contribution in [1.29, 1.82) is 0 Å². The average molecular weight is 325 g/mol. The van der Waals surface area contributed by atoms with Crippen LogP contribution in [0, 0.1) is 12.8 Å². The van der Waals surface area contributed by atoms with Gasteiger partial charge in [0.2, 0.25) is 0 Å². The lowest BCUT2D eigenvalue weighted by atomic mass is 9.80. The molecule has 0 amide bonds. The van der Waals surface area contributed by atoms with Crippen molar-refractivity contribution in [2.45, 2.75) is 45.6 Å². The molecular weight excluding hydrogens is 300 g/mol. The molecule has 3 heteroatoms. The minimum Gasteiger partial charge on any atom is -0.366 e. The number of rotatable bonds is 3. The summed E-state index contributed by atoms with van der Waals surface area (Å²) in [5.74, 6) is 0.784. The quantitative estimate of drug-likeness (QED) is 0.906. The van der Waals surface area contributed by atoms with E-state index in [1.807, 2.05) is 0 Å². The number of benzene rings is 1. The first-order valence-corrected chi connectivity index (χ1v) is 7.97. The molecule has 0 radical (unpaired) electrons. The zero-order valence-corrected chi connectivity index (χ0v) is 13.8. The number of anilines is 1. The van der Waals surface area contributed by atoms with Gasteiger partial charge in [-0.3, -0.25) is 0 Å². The van der Waals surface area contributed by atoms with Gasteiger partial charge in [-0.2, -0.15) is 0 Å². The van der Waals surface area contributed by atoms with Crippen LogP contribution in [0.15, 0.2) is 22.7 Å². The second-order valence-corrected chi connectivity index (χ2v) is 7.25. The highest BCUT2D eigenvalue weighted by Crippen LogP contribution is 2.38. The van der Waals surface area contributed by atoms with Gasteiger partial charge in [0, 0.05) is 22.2 Å². The summed E-state index contributed by atoms with van der Waals surface area (Å²) in [4.78, 5) is 2.57. The second-order valence-electron chi connectivity index (χ2n) is 6.33. The van der Waals surface area contributed by atoms with E-state index in [1.165, 1.54) is 24.1 Å². The number of aryl methyl sites for hydroxylation is 1. The van der Waals surface area contributed by atoms with Gasteiger partial charge in [-0.1, -0.05) is 15.9 Å². The molecule has 1 aromatic rings. The fraction of sp³-hybridized carbons (Fsp3) is 0.625. The Labute approximate surface area is 125 Å². The lowest BCUT2D eigenvalue weighted by Crippen LogP contribution is -2.50. The number of nitrogens with two attached hydrogens (primary N) is 1. The normalized spacial score (nSPS) is 22.6. The summed E-state index contributed by atoms with van der Waals surface area (Å²) in [5, 5.41) is 0. The van der Waals surface area contributed by atoms with Crippen LogP contribution < -0.4 is 10.6 Å². The summed E-state index contributed by atoms with van der Waals surface area (Å²) in [6.07, 6.45) is 3.66. The zero-order valence-electron chi connectivity index (χ0n) is 12.2. The third-order valence-electron chi connectivity index (χ3n) is 4.30. The molecule has 1 heterocycles. The Bertz CT molecular complexity index is 442. The molecule has 1 atom stereocenters. The van der Waals surface area contributed by atoms with E-state index in [2.05, 4.69) is 59.8 Å². The average Bonchev–Trinajstić information content (AvgIpc) is 2.30. The summed E-state index contributed by atoms with van der Waals surface area (Å²) >= 11 is 3.55. The van der Waals surface area contributed by atoms with E-state index in [1.54, 1.807) is 0 Å². The van der Waals surface area contributed by atoms with Crippen LogP contribution >= 0.6 is 15.9 Å². The van der Waals surface area contributed by atoms with Gasteiger partial charge in [0.25, 0.3) is 0 Å². The highest BCUT2D eigenvalue weighted by Gasteiger charge is 2.34. The number of hydrogen-bond donors (Lipinski definition) is 1. The zero-order chi connectivity index (χ0) is 14.0. The fourth-order valence-corrected chi connectivity index (χ4v) is 3.86. The summed E-state index contributed by atoms with van der Waals surface area (Å²) in [6.45, 7) is 8.87. The maximum absolute atomic E-state index is 5.72. The smallest absolute Gasteiger partial charge is 0.0401 e. The first-order chi connectivity index (χ1) is 8.94. The minimum atomic E-state index is 0.219. The molecule has 2 N–H and O–H groups in total. The van der Waals surface area contributed by atoms with Gasteiger partial charge < -0.3 is 10.6 Å². The molecule has 2 nitrogen and oxygen atoms in total. The van der Waals surface area contributed by atoms with Crippen LogP contribution in [0.5, 0.6) is 0 Å². The second kappa shape index (κ2) is 5.84. The summed E-state index contributed by atoms with van der Waals surface area (Å²) in [6, 6.07) is 6.59. The van der Waals surface area contributed by atoms with Crippen molar-refractivity contribution in [3.8, 4) is 0 Å². The molecule has 0 bridgehead atoms.